The highest BCUT2D eigenvalue weighted by molar-refractivity contribution is 5.81. The van der Waals surface area contributed by atoms with Crippen molar-refractivity contribution in [1.29, 1.82) is 0 Å². The number of likely N-dealkylation sites (N-methyl/N-ethyl adjacent to an activating group) is 1. The molecule has 4 nitrogen and oxygen atoms in total. The number of likely N-dealkylation sites (tertiary alicyclic amines) is 1. The maximum Gasteiger partial charge on any atom is 0.161 e. The van der Waals surface area contributed by atoms with Crippen LogP contribution in [-0.4, -0.2) is 44.5 Å². The van der Waals surface area contributed by atoms with Gasteiger partial charge in [0, 0.05) is 28.3 Å². The van der Waals surface area contributed by atoms with Gasteiger partial charge in [0.2, 0.25) is 0 Å². The molecule has 1 aromatic rings. The third kappa shape index (κ3) is 2.22. The molecule has 0 bridgehead atoms. The van der Waals surface area contributed by atoms with Crippen LogP contribution < -0.4 is 9.47 Å². The van der Waals surface area contributed by atoms with Gasteiger partial charge in [0.1, 0.15) is 5.78 Å². The number of hydrogen-bond acceptors (Lipinski definition) is 4. The third-order valence-electron chi connectivity index (χ3n) is 4.76. The van der Waals surface area contributed by atoms with Crippen LogP contribution in [0.4, 0.5) is 0 Å². The molecule has 0 N–H and O–H groups in total. The molecule has 0 spiro atoms. The SMILES string of the molecule is [2H]C1C[C@@]2(c3ccc(OC)c(OC)c3)CCN(C)[C@H]2C([2H])([2H])C1=O. The van der Waals surface area contributed by atoms with E-state index in [1.165, 1.54) is 0 Å². The van der Waals surface area contributed by atoms with Gasteiger partial charge in [0.15, 0.2) is 11.5 Å². The van der Waals surface area contributed by atoms with Crippen LogP contribution in [0.5, 0.6) is 11.5 Å². The first kappa shape index (κ1) is 11.1. The fraction of sp³-hybridized carbons (Fsp3) is 0.588. The summed E-state index contributed by atoms with van der Waals surface area (Å²) in [4.78, 5) is 14.2. The summed E-state index contributed by atoms with van der Waals surface area (Å²) < 4.78 is 35.6. The number of hydrogen-bond donors (Lipinski definition) is 0. The summed E-state index contributed by atoms with van der Waals surface area (Å²) >= 11 is 0. The van der Waals surface area contributed by atoms with Crippen LogP contribution in [0.2, 0.25) is 0 Å². The molecule has 4 heteroatoms. The van der Waals surface area contributed by atoms with Gasteiger partial charge in [-0.3, -0.25) is 4.79 Å². The number of ether oxygens (including phenoxy) is 2. The molecule has 1 saturated heterocycles. The Kier molecular flexibility index (Phi) is 2.81. The Balaban J connectivity index is 2.15. The average molecular weight is 292 g/mol. The Labute approximate surface area is 130 Å². The number of benzene rings is 1. The molecule has 3 rings (SSSR count). The lowest BCUT2D eigenvalue weighted by atomic mass is 9.66. The predicted molar refractivity (Wildman–Crippen MR) is 81.1 cm³/mol. The lowest BCUT2D eigenvalue weighted by Gasteiger charge is -2.41. The van der Waals surface area contributed by atoms with Gasteiger partial charge in [-0.05, 0) is 44.1 Å². The van der Waals surface area contributed by atoms with Crippen molar-refractivity contribution in [3.8, 4) is 11.5 Å². The van der Waals surface area contributed by atoms with Crippen LogP contribution in [0.1, 0.15) is 35.3 Å². The average Bonchev–Trinajstić information content (AvgIpc) is 2.90. The van der Waals surface area contributed by atoms with Crippen LogP contribution in [0.15, 0.2) is 18.2 Å². The zero-order valence-corrected chi connectivity index (χ0v) is 12.7. The van der Waals surface area contributed by atoms with Gasteiger partial charge in [-0.1, -0.05) is 6.07 Å². The summed E-state index contributed by atoms with van der Waals surface area (Å²) in [6.45, 7) is 0.693. The largest absolute Gasteiger partial charge is 0.493 e. The normalized spacial score (nSPS) is 37.3. The molecule has 1 aromatic carbocycles. The van der Waals surface area contributed by atoms with Gasteiger partial charge in [0.25, 0.3) is 0 Å². The lowest BCUT2D eigenvalue weighted by molar-refractivity contribution is -0.122. The molecule has 3 atom stereocenters. The molecule has 0 amide bonds. The molecular weight excluding hydrogens is 266 g/mol. The van der Waals surface area contributed by atoms with Crippen molar-refractivity contribution in [2.75, 3.05) is 27.8 Å². The molecule has 1 aliphatic carbocycles. The summed E-state index contributed by atoms with van der Waals surface area (Å²) in [5, 5.41) is 0. The topological polar surface area (TPSA) is 38.8 Å². The van der Waals surface area contributed by atoms with Crippen LogP contribution >= 0.6 is 0 Å². The summed E-state index contributed by atoms with van der Waals surface area (Å²) in [7, 11) is 4.98. The van der Waals surface area contributed by atoms with E-state index in [1.807, 2.05) is 30.1 Å². The zero-order chi connectivity index (χ0) is 17.7. The molecule has 21 heavy (non-hydrogen) atoms. The predicted octanol–water partition coefficient (Wildman–Crippen LogP) is 2.40. The quantitative estimate of drug-likeness (QED) is 0.857. The molecule has 1 unspecified atom stereocenters. The van der Waals surface area contributed by atoms with E-state index < -0.39 is 30.0 Å². The van der Waals surface area contributed by atoms with E-state index in [0.29, 0.717) is 30.9 Å². The fourth-order valence-corrected chi connectivity index (χ4v) is 3.56. The van der Waals surface area contributed by atoms with Gasteiger partial charge in [-0.2, -0.15) is 0 Å². The number of carbonyl (C=O) groups excluding carboxylic acids is 1. The zero-order valence-electron chi connectivity index (χ0n) is 15.7. The number of rotatable bonds is 3. The number of methoxy groups -OCH3 is 2. The second-order valence-electron chi connectivity index (χ2n) is 5.78. The standard InChI is InChI=1S/C17H23NO3/c1-18-9-8-17(7-6-13(19)11-16(17)18)12-4-5-14(20-2)15(10-12)21-3/h4-5,10,16H,6-9,11H2,1-3H3/t16-,17-/m0/s1/i6D,11D2/t6?,16-,17-. The molecule has 1 aliphatic heterocycles. The minimum absolute atomic E-state index is 0.329. The first-order valence-corrected chi connectivity index (χ1v) is 7.17. The Hall–Kier alpha value is -1.55. The molecular formula is C17H23NO3. The van der Waals surface area contributed by atoms with Crippen LogP contribution in [-0.2, 0) is 10.2 Å². The fourth-order valence-electron chi connectivity index (χ4n) is 3.56. The van der Waals surface area contributed by atoms with Crippen LogP contribution in [0.25, 0.3) is 0 Å². The first-order valence-electron chi connectivity index (χ1n) is 8.75. The molecule has 0 aromatic heterocycles. The molecule has 1 heterocycles. The molecule has 1 saturated carbocycles. The number of carbonyl (C=O) groups is 1. The van der Waals surface area contributed by atoms with Crippen LogP contribution in [0, 0.1) is 0 Å². The van der Waals surface area contributed by atoms with Gasteiger partial charge < -0.3 is 14.4 Å². The van der Waals surface area contributed by atoms with Gasteiger partial charge in [-0.25, -0.2) is 0 Å². The highest BCUT2D eigenvalue weighted by Crippen LogP contribution is 2.48. The lowest BCUT2D eigenvalue weighted by Crippen LogP contribution is -2.46. The van der Waals surface area contributed by atoms with Gasteiger partial charge >= 0.3 is 0 Å². The molecule has 114 valence electrons. The number of Topliss-reactive ketones (excluding diaryl/α,β-unsaturated/α-hetero) is 1. The Morgan fingerprint density at radius 1 is 1.29 bits per heavy atom. The van der Waals surface area contributed by atoms with E-state index in [1.54, 1.807) is 14.2 Å². The van der Waals surface area contributed by atoms with Crippen molar-refractivity contribution >= 4 is 5.78 Å². The van der Waals surface area contributed by atoms with Crippen molar-refractivity contribution in [3.05, 3.63) is 23.8 Å². The summed E-state index contributed by atoms with van der Waals surface area (Å²) in [6, 6.07) is 5.01. The Morgan fingerprint density at radius 3 is 2.76 bits per heavy atom. The smallest absolute Gasteiger partial charge is 0.161 e. The second kappa shape index (κ2) is 5.34. The van der Waals surface area contributed by atoms with Crippen molar-refractivity contribution in [2.45, 2.75) is 37.1 Å². The van der Waals surface area contributed by atoms with Crippen molar-refractivity contribution in [3.63, 3.8) is 0 Å². The molecule has 2 aliphatic rings. The highest BCUT2D eigenvalue weighted by atomic mass is 16.5. The monoisotopic (exact) mass is 292 g/mol. The van der Waals surface area contributed by atoms with E-state index in [0.717, 1.165) is 5.56 Å². The maximum atomic E-state index is 12.3. The Bertz CT molecular complexity index is 666. The van der Waals surface area contributed by atoms with E-state index >= 15 is 0 Å². The minimum atomic E-state index is -2.04. The molecule has 2 fully saturated rings. The summed E-state index contributed by atoms with van der Waals surface area (Å²) in [6.07, 6.45) is -2.04. The maximum absolute atomic E-state index is 12.3. The molecule has 0 radical (unpaired) electrons. The van der Waals surface area contributed by atoms with Gasteiger partial charge in [0.05, 0.1) is 14.2 Å². The first-order chi connectivity index (χ1) is 11.3. The second-order valence-corrected chi connectivity index (χ2v) is 5.78. The number of fused-ring (bicyclic) bond motifs is 1. The van der Waals surface area contributed by atoms with Crippen molar-refractivity contribution in [2.24, 2.45) is 0 Å². The van der Waals surface area contributed by atoms with E-state index in [-0.39, 0.29) is 0 Å². The minimum Gasteiger partial charge on any atom is -0.493 e. The van der Waals surface area contributed by atoms with E-state index in [9.17, 15) is 4.79 Å². The summed E-state index contributed by atoms with van der Waals surface area (Å²) in [5.74, 6) is 0.576. The van der Waals surface area contributed by atoms with Crippen molar-refractivity contribution in [1.82, 2.24) is 4.90 Å². The van der Waals surface area contributed by atoms with Crippen molar-refractivity contribution < 1.29 is 18.4 Å². The van der Waals surface area contributed by atoms with Gasteiger partial charge in [-0.15, -0.1) is 0 Å². The highest BCUT2D eigenvalue weighted by Gasteiger charge is 2.50. The van der Waals surface area contributed by atoms with E-state index in [2.05, 4.69) is 0 Å². The van der Waals surface area contributed by atoms with E-state index in [4.69, 9.17) is 13.6 Å². The number of ketones is 1. The number of nitrogens with zero attached hydrogens (tertiary/aromatic N) is 1. The third-order valence-corrected chi connectivity index (χ3v) is 4.76. The summed E-state index contributed by atoms with van der Waals surface area (Å²) in [5.41, 5.74) is 0.334. The Morgan fingerprint density at radius 2 is 2.05 bits per heavy atom. The van der Waals surface area contributed by atoms with Crippen LogP contribution in [0.3, 0.4) is 0 Å².